The molecule has 0 aliphatic rings. The van der Waals surface area contributed by atoms with E-state index >= 15 is 0 Å². The Balaban J connectivity index is 3.38. The topological polar surface area (TPSA) is 58.2 Å². The van der Waals surface area contributed by atoms with Crippen molar-refractivity contribution in [3.63, 3.8) is 0 Å². The molecule has 0 aromatic heterocycles. The van der Waals surface area contributed by atoms with Crippen molar-refractivity contribution >= 4 is 11.8 Å². The minimum absolute atomic E-state index is 0.323. The van der Waals surface area contributed by atoms with Crippen molar-refractivity contribution < 1.29 is 9.59 Å². The van der Waals surface area contributed by atoms with Crippen molar-refractivity contribution in [3.8, 4) is 0 Å². The molecule has 0 aliphatic carbocycles. The lowest BCUT2D eigenvalue weighted by molar-refractivity contribution is -0.139. The lowest BCUT2D eigenvalue weighted by atomic mass is 10.1. The monoisotopic (exact) mass is 240 g/mol. The number of unbranched alkanes of at least 4 members (excludes halogenated alkanes) is 5. The zero-order chi connectivity index (χ0) is 12.9. The van der Waals surface area contributed by atoms with E-state index in [4.69, 9.17) is 0 Å². The number of nitrogens with one attached hydrogen (secondary N) is 2. The van der Waals surface area contributed by atoms with Crippen LogP contribution >= 0.6 is 0 Å². The van der Waals surface area contributed by atoms with E-state index in [9.17, 15) is 9.59 Å². The van der Waals surface area contributed by atoms with Gasteiger partial charge < -0.3 is 10.6 Å². The van der Waals surface area contributed by atoms with Gasteiger partial charge in [-0.15, -0.1) is 6.58 Å². The molecule has 0 fully saturated rings. The summed E-state index contributed by atoms with van der Waals surface area (Å²) in [5.74, 6) is -1.14. The van der Waals surface area contributed by atoms with Gasteiger partial charge in [-0.05, 0) is 6.42 Å². The van der Waals surface area contributed by atoms with E-state index in [1.807, 2.05) is 0 Å². The first-order valence-electron chi connectivity index (χ1n) is 6.39. The van der Waals surface area contributed by atoms with Gasteiger partial charge >= 0.3 is 11.8 Å². The fourth-order valence-corrected chi connectivity index (χ4v) is 1.43. The second-order valence-electron chi connectivity index (χ2n) is 4.02. The first-order chi connectivity index (χ1) is 8.22. The first-order valence-corrected chi connectivity index (χ1v) is 6.39. The molecule has 98 valence electrons. The molecule has 0 spiro atoms. The van der Waals surface area contributed by atoms with Crippen molar-refractivity contribution in [2.75, 3.05) is 13.1 Å². The summed E-state index contributed by atoms with van der Waals surface area (Å²) >= 11 is 0. The summed E-state index contributed by atoms with van der Waals surface area (Å²) in [5, 5.41) is 5.03. The highest BCUT2D eigenvalue weighted by Crippen LogP contribution is 2.03. The molecule has 0 saturated carbocycles. The molecule has 0 bridgehead atoms. The zero-order valence-electron chi connectivity index (χ0n) is 10.8. The van der Waals surface area contributed by atoms with Crippen LogP contribution in [0.2, 0.25) is 0 Å². The maximum absolute atomic E-state index is 11.2. The highest BCUT2D eigenvalue weighted by atomic mass is 16.2. The van der Waals surface area contributed by atoms with Crippen molar-refractivity contribution in [1.29, 1.82) is 0 Å². The van der Waals surface area contributed by atoms with Crippen LogP contribution in [0.5, 0.6) is 0 Å². The third-order valence-electron chi connectivity index (χ3n) is 2.43. The van der Waals surface area contributed by atoms with Gasteiger partial charge in [0.25, 0.3) is 0 Å². The fourth-order valence-electron chi connectivity index (χ4n) is 1.43. The van der Waals surface area contributed by atoms with Crippen LogP contribution in [0.3, 0.4) is 0 Å². The Morgan fingerprint density at radius 3 is 2.24 bits per heavy atom. The van der Waals surface area contributed by atoms with Gasteiger partial charge in [0.2, 0.25) is 0 Å². The summed E-state index contributed by atoms with van der Waals surface area (Å²) in [4.78, 5) is 22.4. The summed E-state index contributed by atoms with van der Waals surface area (Å²) in [6.45, 7) is 6.54. The van der Waals surface area contributed by atoms with E-state index in [0.29, 0.717) is 13.1 Å². The minimum atomic E-state index is -0.587. The van der Waals surface area contributed by atoms with Gasteiger partial charge in [0.15, 0.2) is 0 Å². The lowest BCUT2D eigenvalue weighted by Gasteiger charge is -2.04. The van der Waals surface area contributed by atoms with Crippen LogP contribution < -0.4 is 10.6 Å². The molecule has 17 heavy (non-hydrogen) atoms. The Bertz CT molecular complexity index is 240. The minimum Gasteiger partial charge on any atom is -0.348 e. The predicted octanol–water partition coefficient (Wildman–Crippen LogP) is 1.77. The Hall–Kier alpha value is -1.32. The van der Waals surface area contributed by atoms with Gasteiger partial charge in [0.1, 0.15) is 0 Å². The van der Waals surface area contributed by atoms with Crippen molar-refractivity contribution in [1.82, 2.24) is 10.6 Å². The Morgan fingerprint density at radius 1 is 1.00 bits per heavy atom. The first kappa shape index (κ1) is 15.7. The van der Waals surface area contributed by atoms with Gasteiger partial charge in [-0.3, -0.25) is 9.59 Å². The average molecular weight is 240 g/mol. The summed E-state index contributed by atoms with van der Waals surface area (Å²) in [5.41, 5.74) is 0. The molecule has 0 aliphatic heterocycles. The Morgan fingerprint density at radius 2 is 1.59 bits per heavy atom. The van der Waals surface area contributed by atoms with E-state index in [1.54, 1.807) is 6.08 Å². The van der Waals surface area contributed by atoms with Crippen LogP contribution in [0.1, 0.15) is 45.4 Å². The lowest BCUT2D eigenvalue weighted by Crippen LogP contribution is -2.40. The summed E-state index contributed by atoms with van der Waals surface area (Å²) in [6, 6.07) is 0. The van der Waals surface area contributed by atoms with E-state index in [2.05, 4.69) is 24.1 Å². The largest absolute Gasteiger partial charge is 0.348 e. The van der Waals surface area contributed by atoms with Crippen LogP contribution in [-0.2, 0) is 9.59 Å². The maximum atomic E-state index is 11.2. The molecule has 0 aromatic rings. The second kappa shape index (κ2) is 11.2. The molecule has 0 aromatic carbocycles. The zero-order valence-corrected chi connectivity index (χ0v) is 10.8. The average Bonchev–Trinajstić information content (AvgIpc) is 2.34. The maximum Gasteiger partial charge on any atom is 0.309 e. The van der Waals surface area contributed by atoms with E-state index in [-0.39, 0.29) is 0 Å². The van der Waals surface area contributed by atoms with Gasteiger partial charge in [-0.2, -0.15) is 0 Å². The number of carbonyl (C=O) groups excluding carboxylic acids is 2. The van der Waals surface area contributed by atoms with Crippen molar-refractivity contribution in [2.24, 2.45) is 0 Å². The number of carbonyl (C=O) groups is 2. The molecule has 0 atom stereocenters. The molecule has 0 radical (unpaired) electrons. The van der Waals surface area contributed by atoms with Gasteiger partial charge in [-0.1, -0.05) is 45.1 Å². The summed E-state index contributed by atoms with van der Waals surface area (Å²) in [7, 11) is 0. The van der Waals surface area contributed by atoms with Crippen LogP contribution in [0, 0.1) is 0 Å². The number of amides is 2. The molecule has 0 saturated heterocycles. The number of hydrogen-bond donors (Lipinski definition) is 2. The van der Waals surface area contributed by atoms with E-state index in [1.165, 1.54) is 25.7 Å². The van der Waals surface area contributed by atoms with Crippen LogP contribution in [-0.4, -0.2) is 24.9 Å². The Kier molecular flexibility index (Phi) is 10.3. The normalized spacial score (nSPS) is 9.71. The van der Waals surface area contributed by atoms with Crippen molar-refractivity contribution in [2.45, 2.75) is 45.4 Å². The molecular formula is C13H24N2O2. The molecule has 0 heterocycles. The fraction of sp³-hybridized carbons (Fsp3) is 0.692. The molecule has 2 amide bonds. The van der Waals surface area contributed by atoms with Crippen molar-refractivity contribution in [3.05, 3.63) is 12.7 Å². The molecular weight excluding hydrogens is 216 g/mol. The highest BCUT2D eigenvalue weighted by Gasteiger charge is 2.10. The number of rotatable bonds is 9. The third kappa shape index (κ3) is 9.60. The number of hydrogen-bond acceptors (Lipinski definition) is 2. The second-order valence-corrected chi connectivity index (χ2v) is 4.02. The molecule has 2 N–H and O–H groups in total. The van der Waals surface area contributed by atoms with Crippen LogP contribution in [0.15, 0.2) is 12.7 Å². The highest BCUT2D eigenvalue weighted by molar-refractivity contribution is 6.35. The third-order valence-corrected chi connectivity index (χ3v) is 2.43. The van der Waals surface area contributed by atoms with Gasteiger partial charge in [-0.25, -0.2) is 0 Å². The Labute approximate surface area is 104 Å². The standard InChI is InChI=1S/C13H24N2O2/c1-3-5-6-7-8-9-11-15-13(17)12(16)14-10-4-2/h4H,2-3,5-11H2,1H3,(H,14,16)(H,15,17). The van der Waals surface area contributed by atoms with Crippen LogP contribution in [0.4, 0.5) is 0 Å². The quantitative estimate of drug-likeness (QED) is 0.366. The molecule has 0 unspecified atom stereocenters. The SMILES string of the molecule is C=CCNC(=O)C(=O)NCCCCCCCC. The summed E-state index contributed by atoms with van der Waals surface area (Å²) < 4.78 is 0. The van der Waals surface area contributed by atoms with E-state index < -0.39 is 11.8 Å². The predicted molar refractivity (Wildman–Crippen MR) is 69.6 cm³/mol. The molecule has 4 nitrogen and oxygen atoms in total. The van der Waals surface area contributed by atoms with Crippen LogP contribution in [0.25, 0.3) is 0 Å². The van der Waals surface area contributed by atoms with Gasteiger partial charge in [0.05, 0.1) is 0 Å². The smallest absolute Gasteiger partial charge is 0.309 e. The molecule has 4 heteroatoms. The van der Waals surface area contributed by atoms with E-state index in [0.717, 1.165) is 12.8 Å². The molecule has 0 rings (SSSR count). The summed E-state index contributed by atoms with van der Waals surface area (Å²) in [6.07, 6.45) is 8.55. The van der Waals surface area contributed by atoms with Gasteiger partial charge in [0, 0.05) is 13.1 Å².